The van der Waals surface area contributed by atoms with Crippen molar-refractivity contribution in [2.75, 3.05) is 5.73 Å². The highest BCUT2D eigenvalue weighted by Crippen LogP contribution is 2.27. The molecule has 0 fully saturated rings. The van der Waals surface area contributed by atoms with Gasteiger partial charge in [-0.05, 0) is 6.92 Å². The van der Waals surface area contributed by atoms with Crippen LogP contribution in [0.1, 0.15) is 16.1 Å². The number of nitrogens with one attached hydrogen (secondary N) is 1. The number of nitrogen functional groups attached to an aromatic ring is 1. The largest absolute Gasteiger partial charge is 0.477 e. The summed E-state index contributed by atoms with van der Waals surface area (Å²) in [6, 6.07) is 0. The van der Waals surface area contributed by atoms with E-state index >= 15 is 0 Å². The minimum Gasteiger partial charge on any atom is -0.477 e. The molecule has 2 aromatic heterocycles. The number of nitrogens with zero attached hydrogens (tertiary/aromatic N) is 1. The van der Waals surface area contributed by atoms with Gasteiger partial charge in [0.05, 0.1) is 0 Å². The number of aromatic amines is 1. The molecule has 0 bridgehead atoms. The van der Waals surface area contributed by atoms with Crippen molar-refractivity contribution >= 4 is 32.8 Å². The summed E-state index contributed by atoms with van der Waals surface area (Å²) in [5, 5.41) is 9.21. The summed E-state index contributed by atoms with van der Waals surface area (Å²) in [5.41, 5.74) is 6.95. The van der Waals surface area contributed by atoms with Gasteiger partial charge < -0.3 is 15.8 Å². The predicted molar refractivity (Wildman–Crippen MR) is 50.1 cm³/mol. The Bertz CT molecular complexity index is 485. The predicted octanol–water partition coefficient (Wildman–Crippen LogP) is 1.21. The van der Waals surface area contributed by atoms with E-state index in [0.29, 0.717) is 21.0 Å². The van der Waals surface area contributed by atoms with Crippen molar-refractivity contribution in [3.63, 3.8) is 0 Å². The number of carboxylic acid groups (broad SMARTS) is 1. The van der Waals surface area contributed by atoms with Gasteiger partial charge in [-0.3, -0.25) is 0 Å². The lowest BCUT2D eigenvalue weighted by Crippen LogP contribution is -1.98. The first kappa shape index (κ1) is 8.06. The van der Waals surface area contributed by atoms with Gasteiger partial charge in [0.15, 0.2) is 5.13 Å². The third kappa shape index (κ3) is 1.06. The zero-order valence-corrected chi connectivity index (χ0v) is 7.60. The average Bonchev–Trinajstić information content (AvgIpc) is 2.51. The highest BCUT2D eigenvalue weighted by molar-refractivity contribution is 7.21. The molecule has 0 aromatic carbocycles. The third-order valence-electron chi connectivity index (χ3n) is 1.83. The molecule has 6 heteroatoms. The zero-order chi connectivity index (χ0) is 9.59. The van der Waals surface area contributed by atoms with Gasteiger partial charge in [-0.15, -0.1) is 0 Å². The van der Waals surface area contributed by atoms with Gasteiger partial charge in [0.2, 0.25) is 0 Å². The standard InChI is InChI=1S/C7H7N3O2S/c1-2-3-5(13-7(8)10-3)9-4(2)6(11)12/h9H,1H3,(H2,8,10)(H,11,12). The summed E-state index contributed by atoms with van der Waals surface area (Å²) < 4.78 is 0. The zero-order valence-electron chi connectivity index (χ0n) is 6.79. The molecule has 4 N–H and O–H groups in total. The van der Waals surface area contributed by atoms with Gasteiger partial charge in [-0.25, -0.2) is 9.78 Å². The molecule has 0 atom stereocenters. The molecule has 5 nitrogen and oxygen atoms in total. The molecule has 0 amide bonds. The maximum Gasteiger partial charge on any atom is 0.352 e. The van der Waals surface area contributed by atoms with Crippen LogP contribution < -0.4 is 5.73 Å². The van der Waals surface area contributed by atoms with E-state index in [0.717, 1.165) is 0 Å². The first-order chi connectivity index (χ1) is 6.09. The molecule has 0 spiro atoms. The van der Waals surface area contributed by atoms with Gasteiger partial charge in [0.1, 0.15) is 16.0 Å². The van der Waals surface area contributed by atoms with E-state index in [2.05, 4.69) is 9.97 Å². The van der Waals surface area contributed by atoms with Crippen LogP contribution in [0.4, 0.5) is 5.13 Å². The van der Waals surface area contributed by atoms with E-state index in [1.165, 1.54) is 11.3 Å². The normalized spacial score (nSPS) is 10.8. The Hall–Kier alpha value is -1.56. The summed E-state index contributed by atoms with van der Waals surface area (Å²) in [7, 11) is 0. The van der Waals surface area contributed by atoms with Crippen LogP contribution in [0.5, 0.6) is 0 Å². The molecular formula is C7H7N3O2S. The molecule has 2 aromatic rings. The lowest BCUT2D eigenvalue weighted by atomic mass is 10.2. The lowest BCUT2D eigenvalue weighted by molar-refractivity contribution is 0.0691. The highest BCUT2D eigenvalue weighted by Gasteiger charge is 2.16. The van der Waals surface area contributed by atoms with Gasteiger partial charge >= 0.3 is 5.97 Å². The number of aromatic nitrogens is 2. The number of anilines is 1. The van der Waals surface area contributed by atoms with E-state index in [4.69, 9.17) is 10.8 Å². The quantitative estimate of drug-likeness (QED) is 0.640. The van der Waals surface area contributed by atoms with Gasteiger partial charge in [0, 0.05) is 5.56 Å². The molecule has 0 aliphatic heterocycles. The van der Waals surface area contributed by atoms with Crippen LogP contribution in [0, 0.1) is 6.92 Å². The molecule has 0 aliphatic rings. The van der Waals surface area contributed by atoms with Crippen molar-refractivity contribution in [1.82, 2.24) is 9.97 Å². The molecule has 2 heterocycles. The molecule has 0 saturated heterocycles. The Kier molecular flexibility index (Phi) is 1.53. The fraction of sp³-hybridized carbons (Fsp3) is 0.143. The summed E-state index contributed by atoms with van der Waals surface area (Å²) in [5.74, 6) is -0.971. The van der Waals surface area contributed by atoms with Crippen molar-refractivity contribution in [3.05, 3.63) is 11.3 Å². The number of fused-ring (bicyclic) bond motifs is 1. The van der Waals surface area contributed by atoms with E-state index < -0.39 is 5.97 Å². The Labute approximate surface area is 77.2 Å². The number of thiazole rings is 1. The second-order valence-corrected chi connectivity index (χ2v) is 3.69. The van der Waals surface area contributed by atoms with Crippen LogP contribution in [0.3, 0.4) is 0 Å². The molecule has 0 unspecified atom stereocenters. The van der Waals surface area contributed by atoms with E-state index in [1.807, 2.05) is 0 Å². The lowest BCUT2D eigenvalue weighted by Gasteiger charge is -1.89. The number of H-pyrrole nitrogens is 1. The van der Waals surface area contributed by atoms with E-state index in [1.54, 1.807) is 6.92 Å². The Morgan fingerprint density at radius 2 is 2.38 bits per heavy atom. The number of rotatable bonds is 1. The molecular weight excluding hydrogens is 190 g/mol. The van der Waals surface area contributed by atoms with Gasteiger partial charge in [0.25, 0.3) is 0 Å². The second kappa shape index (κ2) is 2.46. The number of nitrogens with two attached hydrogens (primary N) is 1. The van der Waals surface area contributed by atoms with E-state index in [9.17, 15) is 4.79 Å². The molecule has 13 heavy (non-hydrogen) atoms. The van der Waals surface area contributed by atoms with Gasteiger partial charge in [-0.1, -0.05) is 11.3 Å². The maximum atomic E-state index is 10.7. The van der Waals surface area contributed by atoms with Crippen molar-refractivity contribution in [2.45, 2.75) is 6.92 Å². The third-order valence-corrected chi connectivity index (χ3v) is 2.63. The number of aromatic carboxylic acids is 1. The Morgan fingerprint density at radius 1 is 1.69 bits per heavy atom. The number of aryl methyl sites for hydroxylation is 1. The molecule has 0 aliphatic carbocycles. The SMILES string of the molecule is Cc1c(C(=O)O)[nH]c2sc(N)nc12. The van der Waals surface area contributed by atoms with Crippen molar-refractivity contribution in [2.24, 2.45) is 0 Å². The fourth-order valence-corrected chi connectivity index (χ4v) is 2.01. The van der Waals surface area contributed by atoms with E-state index in [-0.39, 0.29) is 5.69 Å². The van der Waals surface area contributed by atoms with Crippen molar-refractivity contribution in [1.29, 1.82) is 0 Å². The first-order valence-electron chi connectivity index (χ1n) is 3.57. The van der Waals surface area contributed by atoms with Crippen LogP contribution in [-0.4, -0.2) is 21.0 Å². The van der Waals surface area contributed by atoms with Crippen LogP contribution >= 0.6 is 11.3 Å². The minimum absolute atomic E-state index is 0.189. The summed E-state index contributed by atoms with van der Waals surface area (Å²) in [6.45, 7) is 1.71. The van der Waals surface area contributed by atoms with Gasteiger partial charge in [-0.2, -0.15) is 0 Å². The number of hydrogen-bond acceptors (Lipinski definition) is 4. The number of carbonyl (C=O) groups is 1. The smallest absolute Gasteiger partial charge is 0.352 e. The van der Waals surface area contributed by atoms with Crippen LogP contribution in [0.15, 0.2) is 0 Å². The molecule has 0 radical (unpaired) electrons. The van der Waals surface area contributed by atoms with Crippen molar-refractivity contribution in [3.8, 4) is 0 Å². The fourth-order valence-electron chi connectivity index (χ4n) is 1.22. The molecule has 68 valence electrons. The van der Waals surface area contributed by atoms with Crippen LogP contribution in [0.25, 0.3) is 10.3 Å². The average molecular weight is 197 g/mol. The van der Waals surface area contributed by atoms with Crippen LogP contribution in [-0.2, 0) is 0 Å². The monoisotopic (exact) mass is 197 g/mol. The molecule has 0 saturated carbocycles. The second-order valence-electron chi connectivity index (χ2n) is 2.66. The van der Waals surface area contributed by atoms with Crippen LogP contribution in [0.2, 0.25) is 0 Å². The Balaban J connectivity index is 2.76. The van der Waals surface area contributed by atoms with Crippen molar-refractivity contribution < 1.29 is 9.90 Å². The maximum absolute atomic E-state index is 10.7. The summed E-state index contributed by atoms with van der Waals surface area (Å²) in [6.07, 6.45) is 0. The Morgan fingerprint density at radius 3 is 2.92 bits per heavy atom. The topological polar surface area (TPSA) is 92.0 Å². The summed E-state index contributed by atoms with van der Waals surface area (Å²) in [4.78, 5) is 18.2. The molecule has 2 rings (SSSR count). The number of hydrogen-bond donors (Lipinski definition) is 3. The summed E-state index contributed by atoms with van der Waals surface area (Å²) >= 11 is 1.25. The minimum atomic E-state index is -0.971. The highest BCUT2D eigenvalue weighted by atomic mass is 32.1. The first-order valence-corrected chi connectivity index (χ1v) is 4.39. The number of carboxylic acids is 1.